The zero-order valence-corrected chi connectivity index (χ0v) is 14.6. The van der Waals surface area contributed by atoms with Gasteiger partial charge in [-0.05, 0) is 37.1 Å². The van der Waals surface area contributed by atoms with Gasteiger partial charge in [0.15, 0.2) is 12.4 Å². The number of amides is 1. The van der Waals surface area contributed by atoms with Crippen molar-refractivity contribution in [2.75, 3.05) is 19.7 Å². The Bertz CT molecular complexity index is 722. The predicted molar refractivity (Wildman–Crippen MR) is 97.0 cm³/mol. The summed E-state index contributed by atoms with van der Waals surface area (Å²) in [6.45, 7) is 1.18. The third-order valence-electron chi connectivity index (χ3n) is 4.45. The molecule has 25 heavy (non-hydrogen) atoms. The Morgan fingerprint density at radius 2 is 1.64 bits per heavy atom. The number of rotatable bonds is 5. The Balaban J connectivity index is 1.47. The number of hydrogen-bond acceptors (Lipinski definition) is 3. The number of nitrogens with zero attached hydrogens (tertiary/aromatic N) is 1. The van der Waals surface area contributed by atoms with E-state index in [2.05, 4.69) is 0 Å². The van der Waals surface area contributed by atoms with Crippen LogP contribution in [0.3, 0.4) is 0 Å². The van der Waals surface area contributed by atoms with Gasteiger partial charge in [0.1, 0.15) is 5.75 Å². The molecule has 0 spiro atoms. The molecule has 0 N–H and O–H groups in total. The van der Waals surface area contributed by atoms with E-state index in [1.807, 2.05) is 30.3 Å². The highest BCUT2D eigenvalue weighted by molar-refractivity contribution is 6.30. The van der Waals surface area contributed by atoms with Gasteiger partial charge < -0.3 is 9.64 Å². The standard InChI is InChI=1S/C20H20ClNO3/c21-17-6-8-18(9-7-17)25-14-19(23)22-12-10-16(11-13-22)20(24)15-4-2-1-3-5-15/h1-9,16H,10-14H2. The number of halogens is 1. The van der Waals surface area contributed by atoms with Gasteiger partial charge in [0.25, 0.3) is 5.91 Å². The first kappa shape index (κ1) is 17.5. The maximum atomic E-state index is 12.5. The van der Waals surface area contributed by atoms with Crippen LogP contribution in [0.25, 0.3) is 0 Å². The first-order valence-corrected chi connectivity index (χ1v) is 8.76. The fourth-order valence-corrected chi connectivity index (χ4v) is 3.12. The SMILES string of the molecule is O=C(c1ccccc1)C1CCN(C(=O)COc2ccc(Cl)cc2)CC1. The van der Waals surface area contributed by atoms with Crippen LogP contribution < -0.4 is 4.74 Å². The molecule has 0 saturated carbocycles. The summed E-state index contributed by atoms with van der Waals surface area (Å²) in [5.41, 5.74) is 0.748. The maximum absolute atomic E-state index is 12.5. The van der Waals surface area contributed by atoms with Crippen LogP contribution in [0.5, 0.6) is 5.75 Å². The summed E-state index contributed by atoms with van der Waals surface area (Å²) < 4.78 is 5.50. The molecule has 0 bridgehead atoms. The van der Waals surface area contributed by atoms with Crippen LogP contribution in [0.2, 0.25) is 5.02 Å². The highest BCUT2D eigenvalue weighted by Gasteiger charge is 2.27. The number of benzene rings is 2. The van der Waals surface area contributed by atoms with Gasteiger partial charge in [-0.25, -0.2) is 0 Å². The van der Waals surface area contributed by atoms with Crippen molar-refractivity contribution in [1.29, 1.82) is 0 Å². The number of likely N-dealkylation sites (tertiary alicyclic amines) is 1. The molecule has 5 heteroatoms. The summed E-state index contributed by atoms with van der Waals surface area (Å²) in [7, 11) is 0. The number of ketones is 1. The molecule has 1 saturated heterocycles. The zero-order valence-electron chi connectivity index (χ0n) is 13.9. The molecule has 3 rings (SSSR count). The van der Waals surface area contributed by atoms with E-state index in [1.165, 1.54) is 0 Å². The van der Waals surface area contributed by atoms with Crippen molar-refractivity contribution in [3.05, 3.63) is 65.2 Å². The second-order valence-corrected chi connectivity index (χ2v) is 6.56. The van der Waals surface area contributed by atoms with Crippen molar-refractivity contribution in [2.24, 2.45) is 5.92 Å². The van der Waals surface area contributed by atoms with Crippen molar-refractivity contribution in [1.82, 2.24) is 4.90 Å². The van der Waals surface area contributed by atoms with Crippen LogP contribution in [0.1, 0.15) is 23.2 Å². The van der Waals surface area contributed by atoms with Crippen molar-refractivity contribution >= 4 is 23.3 Å². The Kier molecular flexibility index (Phi) is 5.71. The minimum absolute atomic E-state index is 0.00106. The molecule has 1 amide bonds. The Morgan fingerprint density at radius 3 is 2.28 bits per heavy atom. The van der Waals surface area contributed by atoms with Gasteiger partial charge in [-0.1, -0.05) is 41.9 Å². The van der Waals surface area contributed by atoms with Gasteiger partial charge in [0, 0.05) is 29.6 Å². The lowest BCUT2D eigenvalue weighted by atomic mass is 9.89. The number of piperidine rings is 1. The molecule has 1 aliphatic heterocycles. The van der Waals surface area contributed by atoms with Gasteiger partial charge in [-0.15, -0.1) is 0 Å². The highest BCUT2D eigenvalue weighted by atomic mass is 35.5. The lowest BCUT2D eigenvalue weighted by Crippen LogP contribution is -2.42. The monoisotopic (exact) mass is 357 g/mol. The molecule has 1 aliphatic rings. The van der Waals surface area contributed by atoms with Crippen LogP contribution in [0.4, 0.5) is 0 Å². The van der Waals surface area contributed by atoms with Crippen LogP contribution in [-0.2, 0) is 4.79 Å². The molecule has 2 aromatic rings. The van der Waals surface area contributed by atoms with Gasteiger partial charge >= 0.3 is 0 Å². The van der Waals surface area contributed by atoms with Gasteiger partial charge in [0.2, 0.25) is 0 Å². The molecule has 0 aromatic heterocycles. The van der Waals surface area contributed by atoms with Crippen molar-refractivity contribution in [2.45, 2.75) is 12.8 Å². The summed E-state index contributed by atoms with van der Waals surface area (Å²) in [4.78, 5) is 26.5. The number of hydrogen-bond donors (Lipinski definition) is 0. The van der Waals surface area contributed by atoms with E-state index >= 15 is 0 Å². The molecule has 0 aliphatic carbocycles. The Labute approximate surface area is 152 Å². The Morgan fingerprint density at radius 1 is 1.00 bits per heavy atom. The van der Waals surface area contributed by atoms with E-state index < -0.39 is 0 Å². The molecule has 1 heterocycles. The largest absolute Gasteiger partial charge is 0.484 e. The summed E-state index contributed by atoms with van der Waals surface area (Å²) in [6, 6.07) is 16.3. The quantitative estimate of drug-likeness (QED) is 0.764. The summed E-state index contributed by atoms with van der Waals surface area (Å²) in [5.74, 6) is 0.723. The van der Waals surface area contributed by atoms with Crippen molar-refractivity contribution in [3.8, 4) is 5.75 Å². The normalized spacial score (nSPS) is 15.0. The number of carbonyl (C=O) groups is 2. The van der Waals surface area contributed by atoms with E-state index in [0.29, 0.717) is 36.7 Å². The highest BCUT2D eigenvalue weighted by Crippen LogP contribution is 2.22. The first-order valence-electron chi connectivity index (χ1n) is 8.39. The van der Waals surface area contributed by atoms with Crippen molar-refractivity contribution in [3.63, 3.8) is 0 Å². The third kappa shape index (κ3) is 4.60. The van der Waals surface area contributed by atoms with E-state index in [4.69, 9.17) is 16.3 Å². The van der Waals surface area contributed by atoms with Gasteiger partial charge in [0.05, 0.1) is 0 Å². The second-order valence-electron chi connectivity index (χ2n) is 6.13. The fraction of sp³-hybridized carbons (Fsp3) is 0.300. The molecule has 130 valence electrons. The Hall–Kier alpha value is -2.33. The lowest BCUT2D eigenvalue weighted by Gasteiger charge is -2.31. The number of carbonyl (C=O) groups excluding carboxylic acids is 2. The summed E-state index contributed by atoms with van der Waals surface area (Å²) in [6.07, 6.45) is 1.39. The summed E-state index contributed by atoms with van der Waals surface area (Å²) in [5, 5.41) is 0.629. The van der Waals surface area contributed by atoms with Crippen molar-refractivity contribution < 1.29 is 14.3 Å². The molecule has 1 fully saturated rings. The van der Waals surface area contributed by atoms with Crippen LogP contribution in [-0.4, -0.2) is 36.3 Å². The number of Topliss-reactive ketones (excluding diaryl/α,β-unsaturated/α-hetero) is 1. The molecule has 0 unspecified atom stereocenters. The summed E-state index contributed by atoms with van der Waals surface area (Å²) >= 11 is 5.82. The molecule has 2 aromatic carbocycles. The van der Waals surface area contributed by atoms with E-state index in [-0.39, 0.29) is 24.2 Å². The molecule has 4 nitrogen and oxygen atoms in total. The second kappa shape index (κ2) is 8.17. The zero-order chi connectivity index (χ0) is 17.6. The number of ether oxygens (including phenoxy) is 1. The molecular formula is C20H20ClNO3. The van der Waals surface area contributed by atoms with Crippen LogP contribution in [0, 0.1) is 5.92 Å². The predicted octanol–water partition coefficient (Wildman–Crippen LogP) is 3.84. The lowest BCUT2D eigenvalue weighted by molar-refractivity contribution is -0.134. The maximum Gasteiger partial charge on any atom is 0.260 e. The van der Waals surface area contributed by atoms with Crippen LogP contribution in [0.15, 0.2) is 54.6 Å². The molecule has 0 atom stereocenters. The average Bonchev–Trinajstić information content (AvgIpc) is 2.67. The van der Waals surface area contributed by atoms with Crippen LogP contribution >= 0.6 is 11.6 Å². The minimum atomic E-state index is -0.0550. The van der Waals surface area contributed by atoms with E-state index in [0.717, 1.165) is 5.56 Å². The third-order valence-corrected chi connectivity index (χ3v) is 4.70. The minimum Gasteiger partial charge on any atom is -0.484 e. The topological polar surface area (TPSA) is 46.6 Å². The van der Waals surface area contributed by atoms with E-state index in [9.17, 15) is 9.59 Å². The first-order chi connectivity index (χ1) is 12.1. The van der Waals surface area contributed by atoms with E-state index in [1.54, 1.807) is 29.2 Å². The van der Waals surface area contributed by atoms with Gasteiger partial charge in [-0.3, -0.25) is 9.59 Å². The average molecular weight is 358 g/mol. The fourth-order valence-electron chi connectivity index (χ4n) is 3.00. The van der Waals surface area contributed by atoms with Gasteiger partial charge in [-0.2, -0.15) is 0 Å². The molecular weight excluding hydrogens is 338 g/mol. The molecule has 0 radical (unpaired) electrons. The smallest absolute Gasteiger partial charge is 0.260 e.